The largest absolute Gasteiger partial charge is 1.00 e. The molecular weight excluding hydrogens is 286 g/mol. The van der Waals surface area contributed by atoms with Crippen LogP contribution in [0, 0.1) is 6.92 Å². The van der Waals surface area contributed by atoms with Gasteiger partial charge in [-0.2, -0.15) is 6.42 Å². The van der Waals surface area contributed by atoms with E-state index in [-0.39, 0.29) is 64.4 Å². The molecule has 0 aliphatic carbocycles. The van der Waals surface area contributed by atoms with Gasteiger partial charge in [0.15, 0.2) is 8.87 Å². The van der Waals surface area contributed by atoms with Crippen molar-refractivity contribution in [1.29, 1.82) is 0 Å². The summed E-state index contributed by atoms with van der Waals surface area (Å²) in [6.07, 6.45) is -0.243. The molecule has 1 N–H and O–H groups in total. The number of hydrogen-bond donors (Lipinski definition) is 1. The molecule has 9 heteroatoms. The zero-order chi connectivity index (χ0) is 11.4. The summed E-state index contributed by atoms with van der Waals surface area (Å²) < 4.78 is 25.2. The first-order chi connectivity index (χ1) is 6.18. The summed E-state index contributed by atoms with van der Waals surface area (Å²) in [5, 5.41) is 8.25. The second-order valence-electron chi connectivity index (χ2n) is 2.59. The Bertz CT molecular complexity index is 307. The number of rotatable bonds is 5. The topological polar surface area (TPSA) is 80.7 Å². The number of ether oxygens (including phenoxy) is 1. The van der Waals surface area contributed by atoms with E-state index in [0.29, 0.717) is 10.8 Å². The van der Waals surface area contributed by atoms with Crippen molar-refractivity contribution in [3.05, 3.63) is 6.92 Å². The fraction of sp³-hybridized carbons (Fsp3) is 0.667. The summed E-state index contributed by atoms with van der Waals surface area (Å²) in [6, 6.07) is 0. The van der Waals surface area contributed by atoms with Gasteiger partial charge in [0, 0.05) is 6.26 Å². The van der Waals surface area contributed by atoms with Crippen molar-refractivity contribution < 1.29 is 74.4 Å². The third-order valence-electron chi connectivity index (χ3n) is 1.14. The first-order valence-corrected chi connectivity index (χ1v) is 7.21. The Morgan fingerprint density at radius 1 is 1.67 bits per heavy atom. The third-order valence-corrected chi connectivity index (χ3v) is 5.10. The van der Waals surface area contributed by atoms with Crippen LogP contribution in [-0.4, -0.2) is 37.0 Å². The molecule has 0 saturated carbocycles. The van der Waals surface area contributed by atoms with Crippen LogP contribution in [0.2, 0.25) is 0 Å². The molecular formula is C6H11KO5PS2-. The van der Waals surface area contributed by atoms with Crippen molar-refractivity contribution in [1.82, 2.24) is 0 Å². The number of carbonyl (C=O) groups is 1. The van der Waals surface area contributed by atoms with Gasteiger partial charge in [-0.05, 0) is 0 Å². The van der Waals surface area contributed by atoms with E-state index in [1.807, 2.05) is 0 Å². The van der Waals surface area contributed by atoms with Gasteiger partial charge in [0.1, 0.15) is 0 Å². The molecule has 0 heterocycles. The zero-order valence-electron chi connectivity index (χ0n) is 8.52. The molecule has 0 aromatic heterocycles. The Labute approximate surface area is 138 Å². The van der Waals surface area contributed by atoms with E-state index in [9.17, 15) is 13.2 Å². The summed E-state index contributed by atoms with van der Waals surface area (Å²) in [7, 11) is 0.431. The van der Waals surface area contributed by atoms with Gasteiger partial charge in [0.05, 0.1) is 6.61 Å². The molecule has 15 heavy (non-hydrogen) atoms. The first kappa shape index (κ1) is 19.0. The fourth-order valence-electron chi connectivity index (χ4n) is 0.606. The number of carboxylic acid groups (broad SMARTS) is 1. The maximum absolute atomic E-state index is 11.0. The minimum Gasteiger partial charge on any atom is -0.538 e. The average molecular weight is 297 g/mol. The molecule has 84 valence electrons. The zero-order valence-corrected chi connectivity index (χ0v) is 14.3. The second-order valence-corrected chi connectivity index (χ2v) is 8.58. The van der Waals surface area contributed by atoms with Gasteiger partial charge < -0.3 is 26.0 Å². The summed E-state index contributed by atoms with van der Waals surface area (Å²) in [4.78, 5) is 10.1. The van der Waals surface area contributed by atoms with E-state index >= 15 is 0 Å². The molecule has 0 fully saturated rings. The predicted octanol–water partition coefficient (Wildman–Crippen LogP) is -1.56. The molecule has 0 rings (SSSR count). The Morgan fingerprint density at radius 2 is 2.13 bits per heavy atom. The Morgan fingerprint density at radius 3 is 2.40 bits per heavy atom. The van der Waals surface area contributed by atoms with E-state index in [0.717, 1.165) is 6.26 Å². The van der Waals surface area contributed by atoms with E-state index in [2.05, 4.69) is 20.9 Å². The molecule has 1 atom stereocenters. The van der Waals surface area contributed by atoms with Crippen molar-refractivity contribution in [2.45, 2.75) is 10.9 Å². The second kappa shape index (κ2) is 7.87. The van der Waals surface area contributed by atoms with Gasteiger partial charge in [0.25, 0.3) is 0 Å². The minimum absolute atomic E-state index is 0. The van der Waals surface area contributed by atoms with Gasteiger partial charge in [-0.15, -0.1) is 0 Å². The molecule has 0 aromatic carbocycles. The van der Waals surface area contributed by atoms with Crippen LogP contribution in [0.1, 0.15) is 6.42 Å². The van der Waals surface area contributed by atoms with Crippen LogP contribution in [-0.2, 0) is 13.6 Å². The van der Waals surface area contributed by atoms with E-state index < -0.39 is 19.5 Å². The molecule has 0 radical (unpaired) electrons. The quantitative estimate of drug-likeness (QED) is 0.217. The van der Waals surface area contributed by atoms with Crippen molar-refractivity contribution in [3.63, 3.8) is 0 Å². The smallest absolute Gasteiger partial charge is 0.538 e. The van der Waals surface area contributed by atoms with Gasteiger partial charge in [-0.25, -0.2) is 13.2 Å². The van der Waals surface area contributed by atoms with Gasteiger partial charge in [-0.1, -0.05) is 15.3 Å². The maximum Gasteiger partial charge on any atom is 1.00 e. The Hall–Kier alpha value is 1.64. The van der Waals surface area contributed by atoms with Crippen LogP contribution < -0.4 is 51.4 Å². The maximum atomic E-state index is 11.0. The summed E-state index contributed by atoms with van der Waals surface area (Å²) in [5.41, 5.74) is 0. The van der Waals surface area contributed by atoms with Crippen molar-refractivity contribution >= 4 is 35.1 Å². The normalized spacial score (nSPS) is 14.9. The van der Waals surface area contributed by atoms with Crippen molar-refractivity contribution in [2.75, 3.05) is 12.9 Å². The molecule has 0 amide bonds. The number of hydrogen-bond acceptors (Lipinski definition) is 5. The van der Waals surface area contributed by atoms with Gasteiger partial charge >= 0.3 is 57.5 Å². The van der Waals surface area contributed by atoms with E-state index in [1.165, 1.54) is 0 Å². The van der Waals surface area contributed by atoms with Crippen LogP contribution in [0.4, 0.5) is 4.79 Å². The van der Waals surface area contributed by atoms with Gasteiger partial charge in [-0.3, -0.25) is 0 Å². The third kappa shape index (κ3) is 10.5. The van der Waals surface area contributed by atoms with Crippen LogP contribution >= 0.6 is 20.0 Å². The van der Waals surface area contributed by atoms with Crippen molar-refractivity contribution in [3.8, 4) is 0 Å². The van der Waals surface area contributed by atoms with E-state index in [4.69, 9.17) is 5.11 Å². The van der Waals surface area contributed by atoms with Crippen LogP contribution in [0.25, 0.3) is 0 Å². The minimum atomic E-state index is -3.29. The Balaban J connectivity index is 0. The molecule has 0 aliphatic rings. The van der Waals surface area contributed by atoms with E-state index in [1.54, 1.807) is 0 Å². The van der Waals surface area contributed by atoms with Crippen LogP contribution in [0.3, 0.4) is 0 Å². The van der Waals surface area contributed by atoms with Gasteiger partial charge in [0.2, 0.25) is 0 Å². The Kier molecular flexibility index (Phi) is 9.96. The van der Waals surface area contributed by atoms with Crippen molar-refractivity contribution in [2.24, 2.45) is 0 Å². The molecule has 1 unspecified atom stereocenters. The SMILES string of the molecule is [CH2-]CC([PH-])(COC(=O)O)SS(C)(=O)=O.[K+]. The molecule has 0 spiro atoms. The molecule has 5 nitrogen and oxygen atoms in total. The predicted molar refractivity (Wildman–Crippen MR) is 57.4 cm³/mol. The van der Waals surface area contributed by atoms with Crippen LogP contribution in [0.5, 0.6) is 0 Å². The molecule has 0 saturated heterocycles. The first-order valence-electron chi connectivity index (χ1n) is 3.49. The summed E-state index contributed by atoms with van der Waals surface area (Å²) >= 11 is 0. The van der Waals surface area contributed by atoms with Crippen LogP contribution in [0.15, 0.2) is 0 Å². The summed E-state index contributed by atoms with van der Waals surface area (Å²) in [6.45, 7) is 3.24. The summed E-state index contributed by atoms with van der Waals surface area (Å²) in [5.74, 6) is 0. The molecule has 0 aromatic rings. The molecule has 0 aliphatic heterocycles. The fourth-order valence-corrected chi connectivity index (χ4v) is 4.94. The average Bonchev–Trinajstić information content (AvgIpc) is 1.98. The standard InChI is InChI=1S/C6H11O5PS2.K/c1-3-6(12,4-11-5(7)8)13-14(2,9)10;/h12H,1,3-4H2,2H3,(H,7,8);/q-2;+1. The monoisotopic (exact) mass is 297 g/mol. The molecule has 0 bridgehead atoms.